The van der Waals surface area contributed by atoms with Crippen LogP contribution in [-0.4, -0.2) is 19.5 Å². The van der Waals surface area contributed by atoms with Crippen LogP contribution in [0.1, 0.15) is 12.0 Å². The fourth-order valence-electron chi connectivity index (χ4n) is 1.97. The van der Waals surface area contributed by atoms with E-state index in [1.54, 1.807) is 0 Å². The smallest absolute Gasteiger partial charge is 0.222 e. The lowest BCUT2D eigenvalue weighted by atomic mass is 10.2. The SMILES string of the molecule is CN(CCC(=O)NCc1ccc(Cl)cc1)c1ccccc1. The molecule has 1 amide bonds. The normalized spacial score (nSPS) is 10.2. The van der Waals surface area contributed by atoms with Gasteiger partial charge >= 0.3 is 0 Å². The first kappa shape index (κ1) is 15.4. The first-order chi connectivity index (χ1) is 10.1. The number of hydrogen-bond donors (Lipinski definition) is 1. The Kier molecular flexibility index (Phi) is 5.64. The second kappa shape index (κ2) is 7.70. The number of benzene rings is 2. The predicted octanol–water partition coefficient (Wildman–Crippen LogP) is 3.48. The van der Waals surface area contributed by atoms with Crippen LogP contribution in [0.15, 0.2) is 54.6 Å². The topological polar surface area (TPSA) is 32.3 Å². The highest BCUT2D eigenvalue weighted by atomic mass is 35.5. The molecule has 0 aliphatic heterocycles. The van der Waals surface area contributed by atoms with Gasteiger partial charge in [-0.2, -0.15) is 0 Å². The van der Waals surface area contributed by atoms with Crippen molar-refractivity contribution >= 4 is 23.2 Å². The molecule has 2 aromatic carbocycles. The third-order valence-electron chi connectivity index (χ3n) is 3.27. The lowest BCUT2D eigenvalue weighted by Gasteiger charge is -2.18. The van der Waals surface area contributed by atoms with Crippen molar-refractivity contribution in [2.45, 2.75) is 13.0 Å². The van der Waals surface area contributed by atoms with E-state index in [4.69, 9.17) is 11.6 Å². The molecule has 0 aromatic heterocycles. The van der Waals surface area contributed by atoms with Gasteiger partial charge in [-0.3, -0.25) is 4.79 Å². The van der Waals surface area contributed by atoms with E-state index in [1.165, 1.54) is 0 Å². The summed E-state index contributed by atoms with van der Waals surface area (Å²) in [6.45, 7) is 1.22. The second-order valence-corrected chi connectivity index (χ2v) is 5.35. The Labute approximate surface area is 130 Å². The van der Waals surface area contributed by atoms with Crippen LogP contribution in [0, 0.1) is 0 Å². The van der Waals surface area contributed by atoms with Gasteiger partial charge in [-0.15, -0.1) is 0 Å². The molecule has 4 heteroatoms. The molecule has 0 unspecified atom stereocenters. The van der Waals surface area contributed by atoms with Crippen molar-refractivity contribution in [3.8, 4) is 0 Å². The highest BCUT2D eigenvalue weighted by molar-refractivity contribution is 6.30. The average molecular weight is 303 g/mol. The quantitative estimate of drug-likeness (QED) is 0.886. The zero-order valence-corrected chi connectivity index (χ0v) is 12.8. The number of nitrogens with one attached hydrogen (secondary N) is 1. The van der Waals surface area contributed by atoms with Gasteiger partial charge in [-0.25, -0.2) is 0 Å². The Morgan fingerprint density at radius 2 is 1.76 bits per heavy atom. The van der Waals surface area contributed by atoms with E-state index in [2.05, 4.69) is 10.2 Å². The Morgan fingerprint density at radius 3 is 2.43 bits per heavy atom. The second-order valence-electron chi connectivity index (χ2n) is 4.91. The molecule has 2 aromatic rings. The molecule has 0 aliphatic rings. The molecule has 2 rings (SSSR count). The Bertz CT molecular complexity index is 569. The van der Waals surface area contributed by atoms with Gasteiger partial charge in [0, 0.05) is 37.3 Å². The van der Waals surface area contributed by atoms with Crippen molar-refractivity contribution in [3.05, 3.63) is 65.2 Å². The van der Waals surface area contributed by atoms with E-state index < -0.39 is 0 Å². The van der Waals surface area contributed by atoms with Gasteiger partial charge in [0.2, 0.25) is 5.91 Å². The maximum atomic E-state index is 11.9. The predicted molar refractivity (Wildman–Crippen MR) is 87.6 cm³/mol. The van der Waals surface area contributed by atoms with Crippen molar-refractivity contribution < 1.29 is 4.79 Å². The Hall–Kier alpha value is -2.00. The molecule has 0 fully saturated rings. The van der Waals surface area contributed by atoms with Gasteiger partial charge in [-0.1, -0.05) is 41.9 Å². The Balaban J connectivity index is 1.73. The number of hydrogen-bond acceptors (Lipinski definition) is 2. The third kappa shape index (κ3) is 5.12. The first-order valence-corrected chi connectivity index (χ1v) is 7.30. The molecule has 0 saturated heterocycles. The van der Waals surface area contributed by atoms with E-state index in [0.717, 1.165) is 11.3 Å². The summed E-state index contributed by atoms with van der Waals surface area (Å²) in [5, 5.41) is 3.62. The van der Waals surface area contributed by atoms with Gasteiger partial charge in [-0.05, 0) is 29.8 Å². The van der Waals surface area contributed by atoms with Crippen LogP contribution < -0.4 is 10.2 Å². The van der Waals surface area contributed by atoms with Crippen molar-refractivity contribution in [1.82, 2.24) is 5.32 Å². The largest absolute Gasteiger partial charge is 0.374 e. The van der Waals surface area contributed by atoms with Crippen LogP contribution >= 0.6 is 11.6 Å². The minimum atomic E-state index is 0.0488. The van der Waals surface area contributed by atoms with Crippen LogP contribution in [0.4, 0.5) is 5.69 Å². The summed E-state index contributed by atoms with van der Waals surface area (Å²) in [6.07, 6.45) is 0.471. The van der Waals surface area contributed by atoms with E-state index in [0.29, 0.717) is 24.5 Å². The summed E-state index contributed by atoms with van der Waals surface area (Å²) in [5.41, 5.74) is 2.16. The lowest BCUT2D eigenvalue weighted by Crippen LogP contribution is -2.28. The van der Waals surface area contributed by atoms with Crippen LogP contribution in [-0.2, 0) is 11.3 Å². The van der Waals surface area contributed by atoms with Crippen molar-refractivity contribution in [2.75, 3.05) is 18.5 Å². The molecule has 1 N–H and O–H groups in total. The molecule has 21 heavy (non-hydrogen) atoms. The Morgan fingerprint density at radius 1 is 1.10 bits per heavy atom. The maximum Gasteiger partial charge on any atom is 0.222 e. The van der Waals surface area contributed by atoms with Crippen LogP contribution in [0.5, 0.6) is 0 Å². The highest BCUT2D eigenvalue weighted by Crippen LogP contribution is 2.11. The van der Waals surface area contributed by atoms with Crippen LogP contribution in [0.25, 0.3) is 0 Å². The van der Waals surface area contributed by atoms with Crippen molar-refractivity contribution in [3.63, 3.8) is 0 Å². The van der Waals surface area contributed by atoms with Gasteiger partial charge in [0.15, 0.2) is 0 Å². The van der Waals surface area contributed by atoms with Crippen molar-refractivity contribution in [1.29, 1.82) is 0 Å². The summed E-state index contributed by atoms with van der Waals surface area (Å²) in [5.74, 6) is 0.0488. The number of amides is 1. The molecule has 0 saturated carbocycles. The van der Waals surface area contributed by atoms with Gasteiger partial charge in [0.25, 0.3) is 0 Å². The number of carbonyl (C=O) groups is 1. The summed E-state index contributed by atoms with van der Waals surface area (Å²) in [7, 11) is 1.99. The average Bonchev–Trinajstić information content (AvgIpc) is 2.53. The van der Waals surface area contributed by atoms with Crippen molar-refractivity contribution in [2.24, 2.45) is 0 Å². The molecule has 0 radical (unpaired) electrons. The summed E-state index contributed by atoms with van der Waals surface area (Å²) >= 11 is 5.82. The molecule has 0 bridgehead atoms. The summed E-state index contributed by atoms with van der Waals surface area (Å²) in [4.78, 5) is 13.9. The standard InChI is InChI=1S/C17H19ClN2O/c1-20(16-5-3-2-4-6-16)12-11-17(21)19-13-14-7-9-15(18)10-8-14/h2-10H,11-13H2,1H3,(H,19,21). The van der Waals surface area contributed by atoms with E-state index in [9.17, 15) is 4.79 Å². The molecular weight excluding hydrogens is 284 g/mol. The number of anilines is 1. The minimum absolute atomic E-state index is 0.0488. The first-order valence-electron chi connectivity index (χ1n) is 6.92. The molecule has 110 valence electrons. The molecule has 0 spiro atoms. The minimum Gasteiger partial charge on any atom is -0.374 e. The third-order valence-corrected chi connectivity index (χ3v) is 3.53. The number of halogens is 1. The fourth-order valence-corrected chi connectivity index (χ4v) is 2.10. The maximum absolute atomic E-state index is 11.9. The zero-order chi connectivity index (χ0) is 15.1. The van der Waals surface area contributed by atoms with Gasteiger partial charge < -0.3 is 10.2 Å². The van der Waals surface area contributed by atoms with E-state index in [-0.39, 0.29) is 5.91 Å². The van der Waals surface area contributed by atoms with Crippen LogP contribution in [0.2, 0.25) is 5.02 Å². The van der Waals surface area contributed by atoms with E-state index >= 15 is 0 Å². The number of nitrogens with zero attached hydrogens (tertiary/aromatic N) is 1. The number of carbonyl (C=O) groups excluding carboxylic acids is 1. The number of para-hydroxylation sites is 1. The summed E-state index contributed by atoms with van der Waals surface area (Å²) < 4.78 is 0. The molecular formula is C17H19ClN2O. The molecule has 0 atom stereocenters. The molecule has 3 nitrogen and oxygen atoms in total. The fraction of sp³-hybridized carbons (Fsp3) is 0.235. The monoisotopic (exact) mass is 302 g/mol. The zero-order valence-electron chi connectivity index (χ0n) is 12.1. The summed E-state index contributed by atoms with van der Waals surface area (Å²) in [6, 6.07) is 17.5. The van der Waals surface area contributed by atoms with Crippen LogP contribution in [0.3, 0.4) is 0 Å². The number of rotatable bonds is 6. The highest BCUT2D eigenvalue weighted by Gasteiger charge is 2.05. The lowest BCUT2D eigenvalue weighted by molar-refractivity contribution is -0.121. The van der Waals surface area contributed by atoms with E-state index in [1.807, 2.05) is 61.6 Å². The van der Waals surface area contributed by atoms with Gasteiger partial charge in [0.05, 0.1) is 0 Å². The molecule has 0 aliphatic carbocycles. The molecule has 0 heterocycles. The van der Waals surface area contributed by atoms with Gasteiger partial charge in [0.1, 0.15) is 0 Å².